The predicted octanol–water partition coefficient (Wildman–Crippen LogP) is 7.96. The number of epoxide rings is 2. The van der Waals surface area contributed by atoms with E-state index in [1.807, 2.05) is 0 Å². The van der Waals surface area contributed by atoms with Crippen LogP contribution in [0.3, 0.4) is 0 Å². The Kier molecular flexibility index (Phi) is 11.0. The van der Waals surface area contributed by atoms with Crippen molar-refractivity contribution in [3.63, 3.8) is 0 Å². The van der Waals surface area contributed by atoms with E-state index in [0.717, 1.165) is 11.8 Å². The molecule has 2 saturated heterocycles. The molecule has 4 fully saturated rings. The van der Waals surface area contributed by atoms with Crippen LogP contribution in [-0.2, 0) is 17.7 Å². The van der Waals surface area contributed by atoms with Gasteiger partial charge < -0.3 is 17.7 Å². The van der Waals surface area contributed by atoms with E-state index in [2.05, 4.69) is 39.3 Å². The third kappa shape index (κ3) is 8.93. The van der Waals surface area contributed by atoms with E-state index in [4.69, 9.17) is 17.7 Å². The van der Waals surface area contributed by atoms with Gasteiger partial charge in [0.1, 0.15) is 0 Å². The Morgan fingerprint density at radius 1 is 0.594 bits per heavy atom. The molecule has 0 aromatic rings. The van der Waals surface area contributed by atoms with E-state index in [0.29, 0.717) is 24.4 Å². The fraction of sp³-hybridized carbons (Fsp3) is 1.00. The zero-order chi connectivity index (χ0) is 20.9. The smallest absolute Gasteiger partial charge is 0.311 e. The van der Waals surface area contributed by atoms with Crippen molar-refractivity contribution in [3.05, 3.63) is 0 Å². The third-order valence-corrected chi connectivity index (χ3v) is 18.9. The molecule has 4 nitrogen and oxygen atoms in total. The van der Waals surface area contributed by atoms with Gasteiger partial charge in [0.2, 0.25) is 0 Å². The summed E-state index contributed by atoms with van der Waals surface area (Å²) >= 11 is 0. The van der Waals surface area contributed by atoms with Gasteiger partial charge in [0.15, 0.2) is 16.6 Å². The molecule has 2 aliphatic carbocycles. The maximum absolute atomic E-state index is 6.84. The van der Waals surface area contributed by atoms with Gasteiger partial charge in [0.25, 0.3) is 0 Å². The second-order valence-corrected chi connectivity index (χ2v) is 24.5. The molecule has 0 bridgehead atoms. The lowest BCUT2D eigenvalue weighted by molar-refractivity contribution is 0.345. The number of ether oxygens (including phenoxy) is 2. The summed E-state index contributed by atoms with van der Waals surface area (Å²) in [6.45, 7) is 14.2. The van der Waals surface area contributed by atoms with Gasteiger partial charge in [0, 0.05) is 0 Å². The van der Waals surface area contributed by atoms with Gasteiger partial charge in [-0.2, -0.15) is 0 Å². The van der Waals surface area contributed by atoms with Crippen molar-refractivity contribution in [3.8, 4) is 0 Å². The summed E-state index contributed by atoms with van der Waals surface area (Å²) in [5.74, 6) is 1.72. The van der Waals surface area contributed by atoms with Gasteiger partial charge >= 0.3 is 8.56 Å². The molecule has 4 aliphatic rings. The van der Waals surface area contributed by atoms with Crippen LogP contribution in [0, 0.1) is 11.8 Å². The zero-order valence-electron chi connectivity index (χ0n) is 19.7. The van der Waals surface area contributed by atoms with Crippen molar-refractivity contribution in [2.24, 2.45) is 11.8 Å². The van der Waals surface area contributed by atoms with Crippen LogP contribution in [0.4, 0.5) is 0 Å². The van der Waals surface area contributed by atoms with Crippen LogP contribution in [0.2, 0.25) is 51.4 Å². The Morgan fingerprint density at radius 3 is 1.31 bits per heavy atom. The van der Waals surface area contributed by atoms with E-state index < -0.39 is 25.2 Å². The van der Waals surface area contributed by atoms with Crippen LogP contribution < -0.4 is 0 Å². The molecule has 0 aromatic carbocycles. The zero-order valence-corrected chi connectivity index (χ0v) is 22.7. The maximum Gasteiger partial charge on any atom is 0.311 e. The van der Waals surface area contributed by atoms with Gasteiger partial charge in [-0.1, -0.05) is 35.1 Å². The van der Waals surface area contributed by atoms with Gasteiger partial charge in [0.05, 0.1) is 24.4 Å². The lowest BCUT2D eigenvalue weighted by Gasteiger charge is -2.39. The number of hydrogen-bond acceptors (Lipinski definition) is 4. The molecule has 2 saturated carbocycles. The second-order valence-electron chi connectivity index (χ2n) is 12.0. The first-order valence-electron chi connectivity index (χ1n) is 12.2. The summed E-state index contributed by atoms with van der Waals surface area (Å²) in [5, 5.41) is 0. The lowest BCUT2D eigenvalue weighted by atomic mass is 9.88. The number of rotatable bonds is 10. The molecule has 4 rings (SSSR count). The molecule has 0 amide bonds. The summed E-state index contributed by atoms with van der Waals surface area (Å²) in [4.78, 5) is 0. The molecule has 7 heteroatoms. The summed E-state index contributed by atoms with van der Waals surface area (Å²) in [6.07, 6.45) is 13.0. The molecule has 0 aromatic heterocycles. The molecule has 2 heterocycles. The van der Waals surface area contributed by atoms with Gasteiger partial charge in [-0.05, 0) is 102 Å². The Labute approximate surface area is 204 Å². The van der Waals surface area contributed by atoms with Gasteiger partial charge in [-0.3, -0.25) is 0 Å². The summed E-state index contributed by atoms with van der Waals surface area (Å²) in [5.41, 5.74) is 0. The first-order valence-corrected chi connectivity index (χ1v) is 21.3. The topological polar surface area (TPSA) is 43.5 Å². The van der Waals surface area contributed by atoms with E-state index >= 15 is 0 Å². The lowest BCUT2D eigenvalue weighted by Crippen LogP contribution is -2.52. The minimum atomic E-state index is -2.08. The highest BCUT2D eigenvalue weighted by Crippen LogP contribution is 2.43. The fourth-order valence-electron chi connectivity index (χ4n) is 6.06. The van der Waals surface area contributed by atoms with Crippen molar-refractivity contribution in [1.82, 2.24) is 0 Å². The summed E-state index contributed by atoms with van der Waals surface area (Å²) < 4.78 is 25.1. The van der Waals surface area contributed by atoms with Crippen LogP contribution >= 0.6 is 0 Å². The third-order valence-electron chi connectivity index (χ3n) is 7.58. The quantitative estimate of drug-likeness (QED) is 0.223. The second kappa shape index (κ2) is 11.5. The highest BCUT2D eigenvalue weighted by molar-refractivity contribution is 6.87. The van der Waals surface area contributed by atoms with E-state index in [1.54, 1.807) is 0 Å². The average molecular weight is 505 g/mol. The molecule has 6 unspecified atom stereocenters. The molecule has 2 aliphatic heterocycles. The van der Waals surface area contributed by atoms with Crippen LogP contribution in [0.5, 0.6) is 0 Å². The molecule has 6 atom stereocenters. The van der Waals surface area contributed by atoms with Crippen molar-refractivity contribution in [2.75, 3.05) is 0 Å². The van der Waals surface area contributed by atoms with Crippen LogP contribution in [0.15, 0.2) is 0 Å². The van der Waals surface area contributed by atoms with Crippen molar-refractivity contribution in [1.29, 1.82) is 0 Å². The normalized spacial score (nSPS) is 33.6. The van der Waals surface area contributed by atoms with Crippen molar-refractivity contribution >= 4 is 25.2 Å². The SMILES string of the molecule is C.C.C.C[Si](C)(CCC1CCC2OC2C1)O[Si](C)(C)O[Si](C)(C)CCC1CCC2OC2C1. The predicted molar refractivity (Wildman–Crippen MR) is 146 cm³/mol. The van der Waals surface area contributed by atoms with Crippen molar-refractivity contribution < 1.29 is 17.7 Å². The molecule has 0 radical (unpaired) electrons. The minimum absolute atomic E-state index is 0. The summed E-state index contributed by atoms with van der Waals surface area (Å²) in [7, 11) is -5.46. The van der Waals surface area contributed by atoms with Gasteiger partial charge in [-0.15, -0.1) is 0 Å². The van der Waals surface area contributed by atoms with Crippen LogP contribution in [-0.4, -0.2) is 49.6 Å². The molecule has 0 spiro atoms. The summed E-state index contributed by atoms with van der Waals surface area (Å²) in [6, 6.07) is 2.53. The number of fused-ring (bicyclic) bond motifs is 2. The number of hydrogen-bond donors (Lipinski definition) is 0. The monoisotopic (exact) mass is 504 g/mol. The van der Waals surface area contributed by atoms with Crippen LogP contribution in [0.25, 0.3) is 0 Å². The minimum Gasteiger partial charge on any atom is -0.437 e. The molecule has 192 valence electrons. The van der Waals surface area contributed by atoms with Crippen LogP contribution in [0.1, 0.15) is 73.6 Å². The highest BCUT2D eigenvalue weighted by atomic mass is 28.5. The molecular formula is C25H56O4Si3. The first-order chi connectivity index (χ1) is 13.5. The van der Waals surface area contributed by atoms with E-state index in [9.17, 15) is 0 Å². The standard InChI is InChI=1S/C22H44O4Si3.3CH4/c1-27(2,13-11-17-7-9-19-21(15-17)23-19)25-29(5,6)26-28(3,4)14-12-18-8-10-20-22(16-18)24-20;;;/h17-22H,7-16H2,1-6H3;3*1H4. The van der Waals surface area contributed by atoms with Gasteiger partial charge in [-0.25, -0.2) is 0 Å². The Hall–Kier alpha value is 0.491. The Morgan fingerprint density at radius 2 is 0.969 bits per heavy atom. The molecule has 0 N–H and O–H groups in total. The first kappa shape index (κ1) is 30.5. The Balaban J connectivity index is 0.00000171. The average Bonchev–Trinajstić information content (AvgIpc) is 3.49. The van der Waals surface area contributed by atoms with Crippen molar-refractivity contribution in [2.45, 2.75) is 149 Å². The largest absolute Gasteiger partial charge is 0.437 e. The fourth-order valence-corrected chi connectivity index (χ4v) is 20.3. The maximum atomic E-state index is 6.84. The van der Waals surface area contributed by atoms with E-state index in [1.165, 1.54) is 63.5 Å². The van der Waals surface area contributed by atoms with E-state index in [-0.39, 0.29) is 22.3 Å². The molecular weight excluding hydrogens is 449 g/mol. The Bertz CT molecular complexity index is 536. The highest BCUT2D eigenvalue weighted by Gasteiger charge is 2.46. The molecule has 32 heavy (non-hydrogen) atoms.